The van der Waals surface area contributed by atoms with Crippen LogP contribution in [0.2, 0.25) is 0 Å². The second kappa shape index (κ2) is 3.77. The zero-order valence-corrected chi connectivity index (χ0v) is 9.14. The van der Waals surface area contributed by atoms with Crippen molar-refractivity contribution in [2.75, 3.05) is 0 Å². The molecular weight excluding hydrogens is 204 g/mol. The topological polar surface area (TPSA) is 73.8 Å². The molecule has 0 aliphatic rings. The number of carbonyl (C=O) groups is 1. The van der Waals surface area contributed by atoms with Crippen LogP contribution in [0.3, 0.4) is 0 Å². The number of amides is 1. The van der Waals surface area contributed by atoms with E-state index in [4.69, 9.17) is 5.73 Å². The van der Waals surface area contributed by atoms with E-state index in [9.17, 15) is 4.79 Å². The molecule has 0 saturated carbocycles. The highest BCUT2D eigenvalue weighted by molar-refractivity contribution is 5.94. The fraction of sp³-hybridized carbons (Fsp3) is 0.182. The lowest BCUT2D eigenvalue weighted by molar-refractivity contribution is 0.0999. The van der Waals surface area contributed by atoms with Gasteiger partial charge < -0.3 is 10.3 Å². The molecule has 1 amide bonds. The Morgan fingerprint density at radius 3 is 2.75 bits per heavy atom. The number of nitrogens with two attached hydrogens (primary N) is 1. The predicted molar refractivity (Wildman–Crippen MR) is 59.7 cm³/mol. The molecule has 0 radical (unpaired) electrons. The first-order chi connectivity index (χ1) is 7.58. The maximum Gasteiger partial charge on any atom is 0.250 e. The van der Waals surface area contributed by atoms with Crippen molar-refractivity contribution in [2.24, 2.45) is 12.8 Å². The smallest absolute Gasteiger partial charge is 0.250 e. The number of aryl methyl sites for hydroxylation is 2. The summed E-state index contributed by atoms with van der Waals surface area (Å²) in [5.74, 6) is -0.470. The number of carbonyl (C=O) groups excluding carboxylic acids is 1. The molecule has 82 valence electrons. The van der Waals surface area contributed by atoms with Crippen LogP contribution in [0.1, 0.15) is 16.1 Å². The van der Waals surface area contributed by atoms with Crippen molar-refractivity contribution in [1.29, 1.82) is 0 Å². The highest BCUT2D eigenvalue weighted by atomic mass is 16.1. The molecule has 5 heteroatoms. The van der Waals surface area contributed by atoms with E-state index in [1.54, 1.807) is 25.5 Å². The van der Waals surface area contributed by atoms with Crippen LogP contribution in [0.5, 0.6) is 0 Å². The van der Waals surface area contributed by atoms with Crippen LogP contribution in [0, 0.1) is 6.92 Å². The Balaban J connectivity index is 2.51. The standard InChI is InChI=1S/C11H12N4O/c1-7-9(11(12)16)3-8(4-13-7)10-5-15(2)6-14-10/h3-6H,1-2H3,(H2,12,16). The van der Waals surface area contributed by atoms with Crippen LogP contribution < -0.4 is 5.73 Å². The molecule has 0 aliphatic carbocycles. The number of hydrogen-bond donors (Lipinski definition) is 1. The number of rotatable bonds is 2. The van der Waals surface area contributed by atoms with E-state index < -0.39 is 5.91 Å². The van der Waals surface area contributed by atoms with E-state index in [0.29, 0.717) is 11.3 Å². The highest BCUT2D eigenvalue weighted by Crippen LogP contribution is 2.18. The number of imidazole rings is 1. The molecule has 2 aromatic rings. The minimum atomic E-state index is -0.470. The average molecular weight is 216 g/mol. The van der Waals surface area contributed by atoms with Gasteiger partial charge in [0.25, 0.3) is 5.91 Å². The van der Waals surface area contributed by atoms with Crippen molar-refractivity contribution in [3.8, 4) is 11.3 Å². The minimum absolute atomic E-state index is 0.433. The van der Waals surface area contributed by atoms with E-state index in [0.717, 1.165) is 11.3 Å². The first-order valence-electron chi connectivity index (χ1n) is 4.82. The van der Waals surface area contributed by atoms with Crippen molar-refractivity contribution in [3.05, 3.63) is 36.0 Å². The Kier molecular flexibility index (Phi) is 2.44. The van der Waals surface area contributed by atoms with E-state index in [-0.39, 0.29) is 0 Å². The molecule has 0 aromatic carbocycles. The summed E-state index contributed by atoms with van der Waals surface area (Å²) in [6.45, 7) is 1.75. The average Bonchev–Trinajstić information content (AvgIpc) is 2.65. The van der Waals surface area contributed by atoms with Crippen LogP contribution >= 0.6 is 0 Å². The van der Waals surface area contributed by atoms with Crippen LogP contribution in [0.15, 0.2) is 24.8 Å². The van der Waals surface area contributed by atoms with Crippen molar-refractivity contribution in [2.45, 2.75) is 6.92 Å². The maximum atomic E-state index is 11.2. The minimum Gasteiger partial charge on any atom is -0.366 e. The molecule has 2 aromatic heterocycles. The molecule has 0 spiro atoms. The molecule has 0 aliphatic heterocycles. The molecule has 2 rings (SSSR count). The summed E-state index contributed by atoms with van der Waals surface area (Å²) in [5, 5.41) is 0. The number of primary amides is 1. The molecule has 0 saturated heterocycles. The van der Waals surface area contributed by atoms with Gasteiger partial charge in [-0.2, -0.15) is 0 Å². The van der Waals surface area contributed by atoms with Gasteiger partial charge in [-0.15, -0.1) is 0 Å². The van der Waals surface area contributed by atoms with Crippen LogP contribution in [-0.2, 0) is 7.05 Å². The summed E-state index contributed by atoms with van der Waals surface area (Å²) < 4.78 is 1.83. The summed E-state index contributed by atoms with van der Waals surface area (Å²) >= 11 is 0. The van der Waals surface area contributed by atoms with E-state index in [1.165, 1.54) is 0 Å². The van der Waals surface area contributed by atoms with E-state index in [2.05, 4.69) is 9.97 Å². The largest absolute Gasteiger partial charge is 0.366 e. The van der Waals surface area contributed by atoms with E-state index >= 15 is 0 Å². The van der Waals surface area contributed by atoms with Gasteiger partial charge in [0.2, 0.25) is 0 Å². The Bertz CT molecular complexity index is 545. The van der Waals surface area contributed by atoms with Gasteiger partial charge in [0.15, 0.2) is 0 Å². The van der Waals surface area contributed by atoms with Gasteiger partial charge in [0, 0.05) is 25.0 Å². The van der Waals surface area contributed by atoms with E-state index in [1.807, 2.05) is 17.8 Å². The van der Waals surface area contributed by atoms with Crippen molar-refractivity contribution < 1.29 is 4.79 Å². The summed E-state index contributed by atoms with van der Waals surface area (Å²) in [6.07, 6.45) is 5.24. The number of nitrogens with zero attached hydrogens (tertiary/aromatic N) is 3. The quantitative estimate of drug-likeness (QED) is 0.810. The fourth-order valence-electron chi connectivity index (χ4n) is 1.48. The Morgan fingerprint density at radius 2 is 2.19 bits per heavy atom. The van der Waals surface area contributed by atoms with Crippen molar-refractivity contribution >= 4 is 5.91 Å². The maximum absolute atomic E-state index is 11.2. The highest BCUT2D eigenvalue weighted by Gasteiger charge is 2.09. The monoisotopic (exact) mass is 216 g/mol. The third kappa shape index (κ3) is 1.79. The Hall–Kier alpha value is -2.17. The number of hydrogen-bond acceptors (Lipinski definition) is 3. The Morgan fingerprint density at radius 1 is 1.44 bits per heavy atom. The van der Waals surface area contributed by atoms with Crippen LogP contribution in [-0.4, -0.2) is 20.4 Å². The zero-order chi connectivity index (χ0) is 11.7. The molecule has 0 fully saturated rings. The van der Waals surface area contributed by atoms with Gasteiger partial charge in [-0.1, -0.05) is 0 Å². The molecule has 16 heavy (non-hydrogen) atoms. The first kappa shape index (κ1) is 10.4. The van der Waals surface area contributed by atoms with Gasteiger partial charge in [-0.3, -0.25) is 9.78 Å². The van der Waals surface area contributed by atoms with Crippen molar-refractivity contribution in [3.63, 3.8) is 0 Å². The van der Waals surface area contributed by atoms with Crippen molar-refractivity contribution in [1.82, 2.24) is 14.5 Å². The molecule has 0 unspecified atom stereocenters. The molecule has 0 bridgehead atoms. The molecular formula is C11H12N4O. The number of pyridine rings is 1. The molecule has 2 N–H and O–H groups in total. The molecule has 2 heterocycles. The second-order valence-corrected chi connectivity index (χ2v) is 3.65. The zero-order valence-electron chi connectivity index (χ0n) is 9.14. The summed E-state index contributed by atoms with van der Waals surface area (Å²) in [7, 11) is 1.88. The normalized spacial score (nSPS) is 10.4. The van der Waals surface area contributed by atoms with Crippen LogP contribution in [0.4, 0.5) is 0 Å². The summed E-state index contributed by atoms with van der Waals surface area (Å²) in [5.41, 5.74) is 7.89. The lowest BCUT2D eigenvalue weighted by Crippen LogP contribution is -2.13. The lowest BCUT2D eigenvalue weighted by Gasteiger charge is -2.02. The van der Waals surface area contributed by atoms with Crippen LogP contribution in [0.25, 0.3) is 11.3 Å². The third-order valence-corrected chi connectivity index (χ3v) is 2.35. The van der Waals surface area contributed by atoms with Gasteiger partial charge in [-0.25, -0.2) is 4.98 Å². The number of aromatic nitrogens is 3. The Labute approximate surface area is 92.9 Å². The van der Waals surface area contributed by atoms with Gasteiger partial charge in [0.1, 0.15) is 0 Å². The van der Waals surface area contributed by atoms with Gasteiger partial charge in [0.05, 0.1) is 23.3 Å². The predicted octanol–water partition coefficient (Wildman–Crippen LogP) is 0.889. The fourth-order valence-corrected chi connectivity index (χ4v) is 1.48. The molecule has 5 nitrogen and oxygen atoms in total. The first-order valence-corrected chi connectivity index (χ1v) is 4.82. The SMILES string of the molecule is Cc1ncc(-c2cn(C)cn2)cc1C(N)=O. The third-order valence-electron chi connectivity index (χ3n) is 2.35. The van der Waals surface area contributed by atoms with Gasteiger partial charge >= 0.3 is 0 Å². The summed E-state index contributed by atoms with van der Waals surface area (Å²) in [4.78, 5) is 19.5. The summed E-state index contributed by atoms with van der Waals surface area (Å²) in [6, 6.07) is 1.72. The molecule has 0 atom stereocenters. The van der Waals surface area contributed by atoms with Gasteiger partial charge in [-0.05, 0) is 13.0 Å². The second-order valence-electron chi connectivity index (χ2n) is 3.65. The lowest BCUT2D eigenvalue weighted by atomic mass is 10.1.